The average Bonchev–Trinajstić information content (AvgIpc) is 2.09. The van der Waals surface area contributed by atoms with Crippen molar-refractivity contribution in [2.24, 2.45) is 0 Å². The molecule has 0 aliphatic rings. The van der Waals surface area contributed by atoms with Crippen molar-refractivity contribution in [3.8, 4) is 11.8 Å². The molecule has 0 heterocycles. The number of hydrogen-bond acceptors (Lipinski definition) is 0. The smallest absolute Gasteiger partial charge is 0.123 e. The van der Waals surface area contributed by atoms with Gasteiger partial charge in [0.1, 0.15) is 5.82 Å². The van der Waals surface area contributed by atoms with Gasteiger partial charge in [-0.2, -0.15) is 0 Å². The van der Waals surface area contributed by atoms with Crippen LogP contribution in [0.3, 0.4) is 0 Å². The highest BCUT2D eigenvalue weighted by Gasteiger charge is 1.95. The van der Waals surface area contributed by atoms with Crippen LogP contribution >= 0.6 is 0 Å². The molecular formula is C12H13F. The summed E-state index contributed by atoms with van der Waals surface area (Å²) in [6.45, 7) is 3.96. The molecule has 0 aliphatic heterocycles. The molecule has 0 unspecified atom stereocenters. The Morgan fingerprint density at radius 2 is 2.15 bits per heavy atom. The molecule has 0 radical (unpaired) electrons. The van der Waals surface area contributed by atoms with Gasteiger partial charge >= 0.3 is 0 Å². The molecule has 0 aliphatic carbocycles. The zero-order valence-electron chi connectivity index (χ0n) is 8.02. The SMILES string of the molecule is CCCC#Cc1ccc(F)cc1C. The third-order valence-electron chi connectivity index (χ3n) is 1.79. The minimum Gasteiger partial charge on any atom is -0.207 e. The maximum absolute atomic E-state index is 12.7. The first-order chi connectivity index (χ1) is 6.24. The van der Waals surface area contributed by atoms with Crippen molar-refractivity contribution in [2.45, 2.75) is 26.7 Å². The third-order valence-corrected chi connectivity index (χ3v) is 1.79. The van der Waals surface area contributed by atoms with E-state index in [0.717, 1.165) is 24.0 Å². The number of rotatable bonds is 1. The molecule has 0 amide bonds. The zero-order chi connectivity index (χ0) is 9.68. The van der Waals surface area contributed by atoms with E-state index in [1.807, 2.05) is 6.92 Å². The third kappa shape index (κ3) is 2.91. The van der Waals surface area contributed by atoms with Crippen LogP contribution in [0.2, 0.25) is 0 Å². The van der Waals surface area contributed by atoms with E-state index in [2.05, 4.69) is 18.8 Å². The van der Waals surface area contributed by atoms with Crippen LogP contribution < -0.4 is 0 Å². The number of unbranched alkanes of at least 4 members (excludes halogenated alkanes) is 1. The first-order valence-corrected chi connectivity index (χ1v) is 4.49. The Bertz CT molecular complexity index is 342. The first-order valence-electron chi connectivity index (χ1n) is 4.49. The monoisotopic (exact) mass is 176 g/mol. The average molecular weight is 176 g/mol. The van der Waals surface area contributed by atoms with Crippen molar-refractivity contribution >= 4 is 0 Å². The Labute approximate surface area is 78.8 Å². The molecule has 0 bridgehead atoms. The lowest BCUT2D eigenvalue weighted by Gasteiger charge is -1.96. The molecule has 0 saturated heterocycles. The summed E-state index contributed by atoms with van der Waals surface area (Å²) in [6, 6.07) is 4.69. The predicted octanol–water partition coefficient (Wildman–Crippen LogP) is 3.29. The fourth-order valence-corrected chi connectivity index (χ4v) is 1.05. The van der Waals surface area contributed by atoms with E-state index in [9.17, 15) is 4.39 Å². The van der Waals surface area contributed by atoms with E-state index in [-0.39, 0.29) is 5.82 Å². The van der Waals surface area contributed by atoms with Crippen molar-refractivity contribution in [1.82, 2.24) is 0 Å². The molecule has 0 nitrogen and oxygen atoms in total. The highest BCUT2D eigenvalue weighted by molar-refractivity contribution is 5.40. The van der Waals surface area contributed by atoms with Crippen LogP contribution in [-0.2, 0) is 0 Å². The highest BCUT2D eigenvalue weighted by Crippen LogP contribution is 2.08. The summed E-state index contributed by atoms with van der Waals surface area (Å²) in [5.74, 6) is 5.87. The van der Waals surface area contributed by atoms with Gasteiger partial charge in [0.25, 0.3) is 0 Å². The quantitative estimate of drug-likeness (QED) is 0.576. The highest BCUT2D eigenvalue weighted by atomic mass is 19.1. The Kier molecular flexibility index (Phi) is 3.52. The second-order valence-electron chi connectivity index (χ2n) is 3.01. The molecule has 1 heteroatoms. The van der Waals surface area contributed by atoms with Gasteiger partial charge in [0.2, 0.25) is 0 Å². The van der Waals surface area contributed by atoms with Gasteiger partial charge in [-0.1, -0.05) is 18.8 Å². The normalized spacial score (nSPS) is 9.15. The number of aryl methyl sites for hydroxylation is 1. The van der Waals surface area contributed by atoms with Gasteiger partial charge in [-0.15, -0.1) is 0 Å². The van der Waals surface area contributed by atoms with Crippen LogP contribution in [0.4, 0.5) is 4.39 Å². The second kappa shape index (κ2) is 4.67. The van der Waals surface area contributed by atoms with Gasteiger partial charge in [0.15, 0.2) is 0 Å². The fraction of sp³-hybridized carbons (Fsp3) is 0.333. The Morgan fingerprint density at radius 3 is 2.77 bits per heavy atom. The largest absolute Gasteiger partial charge is 0.207 e. The summed E-state index contributed by atoms with van der Waals surface area (Å²) in [5.41, 5.74) is 1.83. The van der Waals surface area contributed by atoms with Crippen LogP contribution in [0.1, 0.15) is 30.9 Å². The predicted molar refractivity (Wildman–Crippen MR) is 52.9 cm³/mol. The molecule has 0 spiro atoms. The topological polar surface area (TPSA) is 0 Å². The van der Waals surface area contributed by atoms with E-state index >= 15 is 0 Å². The van der Waals surface area contributed by atoms with Crippen LogP contribution in [0, 0.1) is 24.6 Å². The van der Waals surface area contributed by atoms with E-state index in [1.165, 1.54) is 12.1 Å². The first kappa shape index (κ1) is 9.80. The Morgan fingerprint density at radius 1 is 1.38 bits per heavy atom. The number of hydrogen-bond donors (Lipinski definition) is 0. The Hall–Kier alpha value is -1.29. The van der Waals surface area contributed by atoms with E-state index in [0.29, 0.717) is 0 Å². The van der Waals surface area contributed by atoms with Crippen molar-refractivity contribution in [2.75, 3.05) is 0 Å². The minimum atomic E-state index is -0.196. The fourth-order valence-electron chi connectivity index (χ4n) is 1.05. The number of benzene rings is 1. The Balaban J connectivity index is 2.85. The molecule has 0 saturated carbocycles. The van der Waals surface area contributed by atoms with Gasteiger partial charge in [-0.25, -0.2) is 4.39 Å². The van der Waals surface area contributed by atoms with Crippen LogP contribution in [0.25, 0.3) is 0 Å². The second-order valence-corrected chi connectivity index (χ2v) is 3.01. The van der Waals surface area contributed by atoms with E-state index in [4.69, 9.17) is 0 Å². The van der Waals surface area contributed by atoms with Gasteiger partial charge in [0, 0.05) is 12.0 Å². The maximum atomic E-state index is 12.7. The van der Waals surface area contributed by atoms with E-state index in [1.54, 1.807) is 6.07 Å². The molecular weight excluding hydrogens is 163 g/mol. The molecule has 1 aromatic rings. The lowest BCUT2D eigenvalue weighted by Crippen LogP contribution is -1.83. The minimum absolute atomic E-state index is 0.196. The molecule has 1 rings (SSSR count). The zero-order valence-corrected chi connectivity index (χ0v) is 8.02. The van der Waals surface area contributed by atoms with Crippen LogP contribution in [-0.4, -0.2) is 0 Å². The molecule has 13 heavy (non-hydrogen) atoms. The van der Waals surface area contributed by atoms with Gasteiger partial charge in [-0.05, 0) is 37.1 Å². The maximum Gasteiger partial charge on any atom is 0.123 e. The van der Waals surface area contributed by atoms with Gasteiger partial charge < -0.3 is 0 Å². The summed E-state index contributed by atoms with van der Waals surface area (Å²) >= 11 is 0. The molecule has 0 fully saturated rings. The standard InChI is InChI=1S/C12H13F/c1-3-4-5-6-11-7-8-12(13)9-10(11)2/h7-9H,3-4H2,1-2H3. The molecule has 68 valence electrons. The van der Waals surface area contributed by atoms with Crippen molar-refractivity contribution in [3.63, 3.8) is 0 Å². The van der Waals surface area contributed by atoms with Gasteiger partial charge in [0.05, 0.1) is 0 Å². The summed E-state index contributed by atoms with van der Waals surface area (Å²) in [4.78, 5) is 0. The van der Waals surface area contributed by atoms with Gasteiger partial charge in [-0.3, -0.25) is 0 Å². The molecule has 1 aromatic carbocycles. The van der Waals surface area contributed by atoms with Crippen molar-refractivity contribution in [1.29, 1.82) is 0 Å². The molecule has 0 atom stereocenters. The summed E-state index contributed by atoms with van der Waals surface area (Å²) in [5, 5.41) is 0. The summed E-state index contributed by atoms with van der Waals surface area (Å²) in [6.07, 6.45) is 1.96. The number of halogens is 1. The lowest BCUT2D eigenvalue weighted by molar-refractivity contribution is 0.626. The van der Waals surface area contributed by atoms with Crippen molar-refractivity contribution < 1.29 is 4.39 Å². The molecule has 0 N–H and O–H groups in total. The molecule has 0 aromatic heterocycles. The van der Waals surface area contributed by atoms with E-state index < -0.39 is 0 Å². The lowest BCUT2D eigenvalue weighted by atomic mass is 10.1. The van der Waals surface area contributed by atoms with Crippen molar-refractivity contribution in [3.05, 3.63) is 35.1 Å². The summed E-state index contributed by atoms with van der Waals surface area (Å²) < 4.78 is 12.7. The van der Waals surface area contributed by atoms with Crippen LogP contribution in [0.5, 0.6) is 0 Å². The van der Waals surface area contributed by atoms with Crippen LogP contribution in [0.15, 0.2) is 18.2 Å². The summed E-state index contributed by atoms with van der Waals surface area (Å²) in [7, 11) is 0.